The summed E-state index contributed by atoms with van der Waals surface area (Å²) in [4.78, 5) is 3.55. The van der Waals surface area contributed by atoms with E-state index in [2.05, 4.69) is 39.5 Å². The number of alkyl halides is 1. The van der Waals surface area contributed by atoms with Crippen LogP contribution in [-0.4, -0.2) is 8.91 Å². The number of pyridine rings is 1. The van der Waals surface area contributed by atoms with Crippen molar-refractivity contribution < 1.29 is 8.78 Å². The number of hydrogen-bond donors (Lipinski definition) is 1. The van der Waals surface area contributed by atoms with Crippen LogP contribution in [0.4, 0.5) is 8.78 Å². The fourth-order valence-corrected chi connectivity index (χ4v) is 3.08. The van der Waals surface area contributed by atoms with Crippen LogP contribution in [0.1, 0.15) is 31.4 Å². The number of rotatable bonds is 2. The van der Waals surface area contributed by atoms with Gasteiger partial charge in [0.05, 0.1) is 27.6 Å². The Balaban J connectivity index is 0.00000100. The van der Waals surface area contributed by atoms with Gasteiger partial charge in [-0.15, -0.1) is 0 Å². The second-order valence-corrected chi connectivity index (χ2v) is 6.52. The van der Waals surface area contributed by atoms with Crippen molar-refractivity contribution in [3.05, 3.63) is 77.8 Å². The van der Waals surface area contributed by atoms with Crippen molar-refractivity contribution in [2.24, 2.45) is 0 Å². The molecular weight excluding hydrogens is 421 g/mol. The van der Waals surface area contributed by atoms with Crippen LogP contribution in [0.25, 0.3) is 11.3 Å². The van der Waals surface area contributed by atoms with Crippen molar-refractivity contribution in [1.29, 1.82) is 0 Å². The van der Waals surface area contributed by atoms with E-state index >= 15 is 0 Å². The van der Waals surface area contributed by atoms with Gasteiger partial charge in [0, 0.05) is 5.70 Å². The highest BCUT2D eigenvalue weighted by atomic mass is 127. The van der Waals surface area contributed by atoms with Crippen molar-refractivity contribution in [3.8, 4) is 0 Å². The van der Waals surface area contributed by atoms with Gasteiger partial charge < -0.3 is 5.32 Å². The first-order valence-corrected chi connectivity index (χ1v) is 9.00. The molecule has 1 aromatic heterocycles. The summed E-state index contributed by atoms with van der Waals surface area (Å²) in [5, 5.41) is 3.08. The lowest BCUT2D eigenvalue weighted by Gasteiger charge is -2.28. The Morgan fingerprint density at radius 3 is 2.29 bits per heavy atom. The van der Waals surface area contributed by atoms with E-state index in [4.69, 9.17) is 0 Å². The van der Waals surface area contributed by atoms with Crippen molar-refractivity contribution in [2.75, 3.05) is 0 Å². The van der Waals surface area contributed by atoms with Gasteiger partial charge in [-0.05, 0) is 17.6 Å². The van der Waals surface area contributed by atoms with Gasteiger partial charge in [0.15, 0.2) is 11.6 Å². The van der Waals surface area contributed by atoms with Crippen molar-refractivity contribution >= 4 is 33.9 Å². The molecule has 0 fully saturated rings. The Hall–Kier alpha value is -1.76. The van der Waals surface area contributed by atoms with E-state index in [0.29, 0.717) is 12.1 Å². The van der Waals surface area contributed by atoms with Gasteiger partial charge in [-0.2, -0.15) is 0 Å². The zero-order valence-corrected chi connectivity index (χ0v) is 15.8. The molecule has 3 rings (SSSR count). The molecule has 24 heavy (non-hydrogen) atoms. The lowest BCUT2D eigenvalue weighted by Crippen LogP contribution is -2.26. The predicted molar refractivity (Wildman–Crippen MR) is 103 cm³/mol. The van der Waals surface area contributed by atoms with Crippen LogP contribution in [0.15, 0.2) is 55.0 Å². The molecule has 1 aliphatic heterocycles. The van der Waals surface area contributed by atoms with Crippen LogP contribution in [-0.2, 0) is 0 Å². The summed E-state index contributed by atoms with van der Waals surface area (Å²) in [7, 11) is 0. The molecule has 1 aliphatic rings. The highest BCUT2D eigenvalue weighted by molar-refractivity contribution is 14.1. The van der Waals surface area contributed by atoms with E-state index in [0.717, 1.165) is 29.2 Å². The molecule has 1 atom stereocenters. The minimum absolute atomic E-state index is 0.0849. The van der Waals surface area contributed by atoms with Crippen molar-refractivity contribution in [2.45, 2.75) is 24.2 Å². The molecule has 1 unspecified atom stereocenters. The Morgan fingerprint density at radius 1 is 1.12 bits per heavy atom. The smallest absolute Gasteiger partial charge is 0.153 e. The highest BCUT2D eigenvalue weighted by Crippen LogP contribution is 2.38. The van der Waals surface area contributed by atoms with Gasteiger partial charge in [0.1, 0.15) is 0 Å². The average Bonchev–Trinajstić information content (AvgIpc) is 2.60. The third kappa shape index (κ3) is 3.83. The lowest BCUT2D eigenvalue weighted by atomic mass is 9.92. The number of benzene rings is 1. The van der Waals surface area contributed by atoms with E-state index < -0.39 is 11.6 Å². The van der Waals surface area contributed by atoms with Crippen LogP contribution in [0, 0.1) is 11.6 Å². The zero-order chi connectivity index (χ0) is 17.7. The predicted octanol–water partition coefficient (Wildman–Crippen LogP) is 5.56. The second kappa shape index (κ2) is 8.37. The topological polar surface area (TPSA) is 24.9 Å². The lowest BCUT2D eigenvalue weighted by molar-refractivity contribution is 0.564. The summed E-state index contributed by atoms with van der Waals surface area (Å²) in [6.07, 6.45) is 2.70. The van der Waals surface area contributed by atoms with Crippen molar-refractivity contribution in [1.82, 2.24) is 10.3 Å². The third-order valence-electron chi connectivity index (χ3n) is 3.57. The molecule has 0 saturated carbocycles. The third-order valence-corrected chi connectivity index (χ3v) is 4.77. The average molecular weight is 440 g/mol. The standard InChI is InChI=1S/C17H13F2IN2.C2H6/c1-10-15(20)7-12(11-5-3-2-4-6-11)17(22-10)16-13(18)8-21-9-14(16)19;1-2/h2-6,8-9,15,22H,1,7H2;1-2H3. The summed E-state index contributed by atoms with van der Waals surface area (Å²) in [5.41, 5.74) is 2.90. The number of hydrogen-bond acceptors (Lipinski definition) is 2. The van der Waals surface area contributed by atoms with E-state index in [1.807, 2.05) is 44.2 Å². The minimum atomic E-state index is -0.685. The molecule has 0 bridgehead atoms. The number of nitrogens with zero attached hydrogens (tertiary/aromatic N) is 1. The SMILES string of the molecule is C=C1NC(c2c(F)cncc2F)=C(c2ccccc2)CC1I.CC. The molecule has 126 valence electrons. The maximum absolute atomic E-state index is 14.1. The summed E-state index contributed by atoms with van der Waals surface area (Å²) >= 11 is 2.28. The largest absolute Gasteiger partial charge is 0.358 e. The van der Waals surface area contributed by atoms with Crippen LogP contribution in [0.3, 0.4) is 0 Å². The maximum Gasteiger partial charge on any atom is 0.153 e. The first kappa shape index (κ1) is 18.6. The monoisotopic (exact) mass is 440 g/mol. The van der Waals surface area contributed by atoms with Gasteiger partial charge >= 0.3 is 0 Å². The molecule has 0 aliphatic carbocycles. The fraction of sp³-hybridized carbons (Fsp3) is 0.211. The first-order chi connectivity index (χ1) is 11.6. The van der Waals surface area contributed by atoms with Crippen LogP contribution in [0.5, 0.6) is 0 Å². The maximum atomic E-state index is 14.1. The second-order valence-electron chi connectivity index (χ2n) is 5.02. The Kier molecular flexibility index (Phi) is 6.48. The number of nitrogens with one attached hydrogen (secondary N) is 1. The van der Waals surface area contributed by atoms with E-state index in [9.17, 15) is 8.78 Å². The summed E-state index contributed by atoms with van der Waals surface area (Å²) < 4.78 is 28.4. The Labute approximate surface area is 154 Å². The van der Waals surface area contributed by atoms with Gasteiger partial charge in [-0.3, -0.25) is 4.98 Å². The molecule has 0 radical (unpaired) electrons. The van der Waals surface area contributed by atoms with Crippen LogP contribution < -0.4 is 5.32 Å². The molecule has 1 aromatic carbocycles. The van der Waals surface area contributed by atoms with Gasteiger partial charge in [0.2, 0.25) is 0 Å². The minimum Gasteiger partial charge on any atom is -0.358 e. The number of allylic oxidation sites excluding steroid dienone is 2. The molecular formula is C19H19F2IN2. The van der Waals surface area contributed by atoms with Crippen LogP contribution in [0.2, 0.25) is 0 Å². The molecule has 0 spiro atoms. The molecule has 0 amide bonds. The van der Waals surface area contributed by atoms with Crippen LogP contribution >= 0.6 is 22.6 Å². The highest BCUT2D eigenvalue weighted by Gasteiger charge is 2.27. The van der Waals surface area contributed by atoms with Gasteiger partial charge in [-0.1, -0.05) is 73.3 Å². The molecule has 5 heteroatoms. The Bertz CT molecular complexity index is 737. The molecule has 2 heterocycles. The first-order valence-electron chi connectivity index (χ1n) is 7.75. The Morgan fingerprint density at radius 2 is 1.71 bits per heavy atom. The summed E-state index contributed by atoms with van der Waals surface area (Å²) in [5.74, 6) is -1.37. The fourth-order valence-electron chi connectivity index (χ4n) is 2.48. The van der Waals surface area contributed by atoms with Gasteiger partial charge in [-0.25, -0.2) is 8.78 Å². The normalized spacial score (nSPS) is 17.0. The van der Waals surface area contributed by atoms with E-state index in [1.165, 1.54) is 0 Å². The zero-order valence-electron chi connectivity index (χ0n) is 13.6. The van der Waals surface area contributed by atoms with Crippen molar-refractivity contribution in [3.63, 3.8) is 0 Å². The van der Waals surface area contributed by atoms with E-state index in [1.54, 1.807) is 0 Å². The molecule has 0 saturated heterocycles. The van der Waals surface area contributed by atoms with Gasteiger partial charge in [0.25, 0.3) is 0 Å². The molecule has 2 aromatic rings. The molecule has 1 N–H and O–H groups in total. The summed E-state index contributed by atoms with van der Waals surface area (Å²) in [6.45, 7) is 7.95. The number of aromatic nitrogens is 1. The summed E-state index contributed by atoms with van der Waals surface area (Å²) in [6, 6.07) is 9.60. The number of halogens is 3. The molecule has 2 nitrogen and oxygen atoms in total. The van der Waals surface area contributed by atoms with E-state index in [-0.39, 0.29) is 9.49 Å². The quantitative estimate of drug-likeness (QED) is 0.488.